The van der Waals surface area contributed by atoms with Crippen LogP contribution in [0.1, 0.15) is 0 Å². The Bertz CT molecular complexity index is 725. The molecule has 1 aliphatic rings. The summed E-state index contributed by atoms with van der Waals surface area (Å²) in [7, 11) is 3.37. The second-order valence-electron chi connectivity index (χ2n) is 6.04. The average molecular weight is 340 g/mol. The number of rotatable bonds is 6. The van der Waals surface area contributed by atoms with E-state index in [9.17, 15) is 4.79 Å². The van der Waals surface area contributed by atoms with Gasteiger partial charge in [-0.3, -0.25) is 4.90 Å². The normalized spacial score (nSPS) is 15.0. The van der Waals surface area contributed by atoms with Crippen molar-refractivity contribution in [2.24, 2.45) is 0 Å². The third-order valence-corrected chi connectivity index (χ3v) is 4.65. The molecule has 0 radical (unpaired) electrons. The molecule has 0 saturated carbocycles. The molecule has 2 aromatic rings. The third kappa shape index (κ3) is 3.77. The van der Waals surface area contributed by atoms with Gasteiger partial charge in [0.1, 0.15) is 17.8 Å². The van der Waals surface area contributed by atoms with Gasteiger partial charge in [0, 0.05) is 49.1 Å². The van der Waals surface area contributed by atoms with Gasteiger partial charge in [-0.05, 0) is 18.2 Å². The minimum atomic E-state index is 0.518. The molecule has 1 heterocycles. The summed E-state index contributed by atoms with van der Waals surface area (Å²) in [6, 6.07) is 14.2. The summed E-state index contributed by atoms with van der Waals surface area (Å²) in [6.45, 7) is 4.13. The molecule has 0 bridgehead atoms. The first-order valence-corrected chi connectivity index (χ1v) is 8.49. The van der Waals surface area contributed by atoms with E-state index in [1.54, 1.807) is 14.2 Å². The van der Waals surface area contributed by atoms with Crippen molar-refractivity contribution in [3.05, 3.63) is 42.5 Å². The number of aldehydes is 1. The van der Waals surface area contributed by atoms with E-state index in [1.807, 2.05) is 24.3 Å². The number of anilines is 1. The Labute approximate surface area is 148 Å². The van der Waals surface area contributed by atoms with E-state index in [0.29, 0.717) is 6.54 Å². The molecule has 0 unspecified atom stereocenters. The van der Waals surface area contributed by atoms with Gasteiger partial charge in [-0.25, -0.2) is 0 Å². The number of nitrogens with zero attached hydrogens (tertiary/aromatic N) is 2. The van der Waals surface area contributed by atoms with Crippen molar-refractivity contribution in [2.45, 2.75) is 0 Å². The Morgan fingerprint density at radius 2 is 1.60 bits per heavy atom. The fourth-order valence-corrected chi connectivity index (χ4v) is 3.26. The van der Waals surface area contributed by atoms with Gasteiger partial charge in [0.25, 0.3) is 0 Å². The maximum Gasteiger partial charge on any atom is 0.133 e. The van der Waals surface area contributed by atoms with Crippen LogP contribution >= 0.6 is 0 Å². The Balaban J connectivity index is 1.84. The number of carbonyl (C=O) groups excluding carboxylic acids is 1. The fourth-order valence-electron chi connectivity index (χ4n) is 3.26. The monoisotopic (exact) mass is 340 g/mol. The number of ether oxygens (including phenoxy) is 2. The summed E-state index contributed by atoms with van der Waals surface area (Å²) in [5, 5.41) is 0. The highest BCUT2D eigenvalue weighted by Crippen LogP contribution is 2.38. The van der Waals surface area contributed by atoms with Crippen molar-refractivity contribution in [2.75, 3.05) is 51.8 Å². The lowest BCUT2D eigenvalue weighted by molar-refractivity contribution is -0.108. The van der Waals surface area contributed by atoms with E-state index < -0.39 is 0 Å². The predicted octanol–water partition coefficient (Wildman–Crippen LogP) is 2.69. The maximum atomic E-state index is 10.7. The summed E-state index contributed by atoms with van der Waals surface area (Å²) in [5.74, 6) is 1.66. The summed E-state index contributed by atoms with van der Waals surface area (Å²) >= 11 is 0. The molecule has 0 aromatic heterocycles. The van der Waals surface area contributed by atoms with Gasteiger partial charge in [0.2, 0.25) is 0 Å². The number of hydrogen-bond donors (Lipinski definition) is 0. The molecule has 3 rings (SSSR count). The van der Waals surface area contributed by atoms with Crippen LogP contribution in [0.5, 0.6) is 11.5 Å². The van der Waals surface area contributed by atoms with Gasteiger partial charge < -0.3 is 19.2 Å². The number of para-hydroxylation sites is 1. The van der Waals surface area contributed by atoms with Gasteiger partial charge in [-0.2, -0.15) is 0 Å². The first kappa shape index (κ1) is 17.3. The Morgan fingerprint density at radius 3 is 2.28 bits per heavy atom. The molecule has 0 atom stereocenters. The van der Waals surface area contributed by atoms with Gasteiger partial charge in [-0.1, -0.05) is 18.2 Å². The van der Waals surface area contributed by atoms with E-state index >= 15 is 0 Å². The molecule has 5 nitrogen and oxygen atoms in total. The van der Waals surface area contributed by atoms with Crippen LogP contribution in [-0.4, -0.2) is 58.1 Å². The SMILES string of the molecule is COc1ccccc1-c1ccc(N2CCN(CC=O)CC2)cc1OC. The van der Waals surface area contributed by atoms with Crippen molar-refractivity contribution in [3.8, 4) is 22.6 Å². The predicted molar refractivity (Wildman–Crippen MR) is 99.7 cm³/mol. The van der Waals surface area contributed by atoms with Crippen LogP contribution in [0.4, 0.5) is 5.69 Å². The van der Waals surface area contributed by atoms with Gasteiger partial charge in [0.15, 0.2) is 0 Å². The van der Waals surface area contributed by atoms with Crippen LogP contribution in [0.15, 0.2) is 42.5 Å². The zero-order chi connectivity index (χ0) is 17.6. The van der Waals surface area contributed by atoms with E-state index in [2.05, 4.69) is 28.0 Å². The number of methoxy groups -OCH3 is 2. The lowest BCUT2D eigenvalue weighted by atomic mass is 10.0. The van der Waals surface area contributed by atoms with Crippen molar-refractivity contribution in [1.82, 2.24) is 4.90 Å². The molecule has 1 aliphatic heterocycles. The zero-order valence-electron chi connectivity index (χ0n) is 14.8. The van der Waals surface area contributed by atoms with Gasteiger partial charge >= 0.3 is 0 Å². The molecule has 132 valence electrons. The smallest absolute Gasteiger partial charge is 0.133 e. The van der Waals surface area contributed by atoms with Crippen LogP contribution in [-0.2, 0) is 4.79 Å². The zero-order valence-corrected chi connectivity index (χ0v) is 14.8. The van der Waals surface area contributed by atoms with Gasteiger partial charge in [0.05, 0.1) is 20.8 Å². The highest BCUT2D eigenvalue weighted by Gasteiger charge is 2.18. The van der Waals surface area contributed by atoms with Crippen LogP contribution in [0, 0.1) is 0 Å². The summed E-state index contributed by atoms with van der Waals surface area (Å²) in [6.07, 6.45) is 0.973. The lowest BCUT2D eigenvalue weighted by Gasteiger charge is -2.35. The third-order valence-electron chi connectivity index (χ3n) is 4.65. The Hall–Kier alpha value is -2.53. The molecule has 0 amide bonds. The maximum absolute atomic E-state index is 10.7. The summed E-state index contributed by atoms with van der Waals surface area (Å²) in [4.78, 5) is 15.2. The first-order chi connectivity index (χ1) is 12.3. The Kier molecular flexibility index (Phi) is 5.56. The molecule has 25 heavy (non-hydrogen) atoms. The van der Waals surface area contributed by atoms with Gasteiger partial charge in [-0.15, -0.1) is 0 Å². The minimum absolute atomic E-state index is 0.518. The Morgan fingerprint density at radius 1 is 0.920 bits per heavy atom. The average Bonchev–Trinajstić information content (AvgIpc) is 2.68. The van der Waals surface area contributed by atoms with Crippen LogP contribution in [0.2, 0.25) is 0 Å². The molecule has 2 aromatic carbocycles. The number of carbonyl (C=O) groups is 1. The standard InChI is InChI=1S/C20H24N2O3/c1-24-19-6-4-3-5-17(19)18-8-7-16(15-20(18)25-2)22-11-9-21(10-12-22)13-14-23/h3-8,14-15H,9-13H2,1-2H3. The molecule has 0 aliphatic carbocycles. The number of hydrogen-bond acceptors (Lipinski definition) is 5. The molecule has 0 N–H and O–H groups in total. The van der Waals surface area contributed by atoms with Crippen LogP contribution < -0.4 is 14.4 Å². The highest BCUT2D eigenvalue weighted by atomic mass is 16.5. The van der Waals surface area contributed by atoms with Crippen molar-refractivity contribution in [1.29, 1.82) is 0 Å². The summed E-state index contributed by atoms with van der Waals surface area (Å²) < 4.78 is 11.1. The molecule has 1 saturated heterocycles. The number of benzene rings is 2. The molecule has 5 heteroatoms. The van der Waals surface area contributed by atoms with E-state index in [0.717, 1.165) is 60.8 Å². The first-order valence-electron chi connectivity index (χ1n) is 8.49. The molecule has 0 spiro atoms. The molecule has 1 fully saturated rings. The molecular formula is C20H24N2O3. The second-order valence-corrected chi connectivity index (χ2v) is 6.04. The quantitative estimate of drug-likeness (QED) is 0.757. The van der Waals surface area contributed by atoms with Crippen LogP contribution in [0.3, 0.4) is 0 Å². The van der Waals surface area contributed by atoms with Crippen molar-refractivity contribution in [3.63, 3.8) is 0 Å². The lowest BCUT2D eigenvalue weighted by Crippen LogP contribution is -2.46. The highest BCUT2D eigenvalue weighted by molar-refractivity contribution is 5.78. The van der Waals surface area contributed by atoms with Crippen LogP contribution in [0.25, 0.3) is 11.1 Å². The van der Waals surface area contributed by atoms with E-state index in [4.69, 9.17) is 9.47 Å². The topological polar surface area (TPSA) is 42.0 Å². The van der Waals surface area contributed by atoms with E-state index in [1.165, 1.54) is 0 Å². The molecular weight excluding hydrogens is 316 g/mol. The number of piperazine rings is 1. The van der Waals surface area contributed by atoms with E-state index in [-0.39, 0.29) is 0 Å². The largest absolute Gasteiger partial charge is 0.496 e. The minimum Gasteiger partial charge on any atom is -0.496 e. The van der Waals surface area contributed by atoms with Crippen molar-refractivity contribution < 1.29 is 14.3 Å². The fraction of sp³-hybridized carbons (Fsp3) is 0.350. The summed E-state index contributed by atoms with van der Waals surface area (Å²) in [5.41, 5.74) is 3.17. The second kappa shape index (κ2) is 8.03. The van der Waals surface area contributed by atoms with Crippen molar-refractivity contribution >= 4 is 12.0 Å².